The van der Waals surface area contributed by atoms with E-state index in [1.165, 1.54) is 25.6 Å². The van der Waals surface area contributed by atoms with Crippen LogP contribution in [0.1, 0.15) is 38.8 Å². The minimum Gasteiger partial charge on any atom is -0.380 e. The molecule has 0 spiro atoms. The summed E-state index contributed by atoms with van der Waals surface area (Å²) < 4.78 is 5.56. The molecule has 0 aromatic carbocycles. The number of nitrogens with two attached hydrogens (primary N) is 1. The Morgan fingerprint density at radius 2 is 2.09 bits per heavy atom. The van der Waals surface area contributed by atoms with Crippen LogP contribution in [0, 0.1) is 0 Å². The molecule has 1 atom stereocenters. The molecule has 0 saturated carbocycles. The number of piperidine rings is 1. The summed E-state index contributed by atoms with van der Waals surface area (Å²) in [6.45, 7) is 11.4. The molecule has 35 heavy (non-hydrogen) atoms. The minimum absolute atomic E-state index is 0.354. The van der Waals surface area contributed by atoms with E-state index in [2.05, 4.69) is 42.6 Å². The first-order valence-electron chi connectivity index (χ1n) is 12.7. The fraction of sp³-hybridized carbons (Fsp3) is 0.625. The van der Waals surface area contributed by atoms with Gasteiger partial charge in [-0.25, -0.2) is 15.0 Å². The first-order valence-corrected chi connectivity index (χ1v) is 12.7. The van der Waals surface area contributed by atoms with Crippen molar-refractivity contribution >= 4 is 29.0 Å². The standard InChI is InChI=1S/C24H38N10O/c1-3-35-14-10-28-22-21(19(25)16-33-11-5-4-6-12-33)31-24(34-13-9-27-18(2)15-34)32-23(22)30-20-7-8-26-17-29-20/h7-8,17-18,25,27-28H,3-6,9-16H2,1-2H3,(H,26,29,30,31,32)/p+1/t18-/m0/s1. The van der Waals surface area contributed by atoms with Gasteiger partial charge in [0.2, 0.25) is 11.7 Å². The number of hydrogen-bond acceptors (Lipinski definition) is 10. The van der Waals surface area contributed by atoms with E-state index in [9.17, 15) is 0 Å². The second-order valence-corrected chi connectivity index (χ2v) is 9.10. The van der Waals surface area contributed by atoms with Gasteiger partial charge in [0.1, 0.15) is 17.8 Å². The third-order valence-electron chi connectivity index (χ3n) is 6.28. The number of rotatable bonds is 11. The van der Waals surface area contributed by atoms with Gasteiger partial charge in [0.15, 0.2) is 11.5 Å². The van der Waals surface area contributed by atoms with Crippen molar-refractivity contribution in [1.29, 1.82) is 0 Å². The fourth-order valence-electron chi connectivity index (χ4n) is 4.51. The fourth-order valence-corrected chi connectivity index (χ4v) is 4.51. The van der Waals surface area contributed by atoms with Crippen molar-refractivity contribution in [2.75, 3.05) is 74.6 Å². The summed E-state index contributed by atoms with van der Waals surface area (Å²) in [4.78, 5) is 23.0. The van der Waals surface area contributed by atoms with Crippen LogP contribution in [0.15, 0.2) is 18.6 Å². The van der Waals surface area contributed by atoms with Crippen LogP contribution < -0.4 is 26.3 Å². The van der Waals surface area contributed by atoms with E-state index in [4.69, 9.17) is 20.1 Å². The highest BCUT2D eigenvalue weighted by atomic mass is 16.5. The monoisotopic (exact) mass is 483 g/mol. The summed E-state index contributed by atoms with van der Waals surface area (Å²) in [7, 11) is 0. The molecule has 0 aliphatic carbocycles. The molecule has 11 nitrogen and oxygen atoms in total. The molecule has 11 heteroatoms. The van der Waals surface area contributed by atoms with Gasteiger partial charge in [0.05, 0.1) is 13.2 Å². The first-order chi connectivity index (χ1) is 17.1. The van der Waals surface area contributed by atoms with Crippen LogP contribution in [0.3, 0.4) is 0 Å². The van der Waals surface area contributed by atoms with Crippen molar-refractivity contribution in [3.05, 3.63) is 24.3 Å². The zero-order chi connectivity index (χ0) is 24.5. The Morgan fingerprint density at radius 3 is 2.83 bits per heavy atom. The maximum atomic E-state index is 6.77. The highest BCUT2D eigenvalue weighted by Crippen LogP contribution is 2.29. The van der Waals surface area contributed by atoms with E-state index in [0.717, 1.165) is 49.8 Å². The lowest BCUT2D eigenvalue weighted by Crippen LogP contribution is -2.51. The average Bonchev–Trinajstić information content (AvgIpc) is 2.88. The molecular formula is C24H39N10O+. The van der Waals surface area contributed by atoms with E-state index < -0.39 is 0 Å². The van der Waals surface area contributed by atoms with Gasteiger partial charge in [-0.05, 0) is 45.8 Å². The molecule has 0 radical (unpaired) electrons. The zero-order valence-electron chi connectivity index (χ0n) is 21.0. The summed E-state index contributed by atoms with van der Waals surface area (Å²) in [6, 6.07) is 2.17. The molecule has 2 aliphatic rings. The molecule has 2 aromatic heterocycles. The van der Waals surface area contributed by atoms with E-state index in [0.29, 0.717) is 49.9 Å². The van der Waals surface area contributed by atoms with Gasteiger partial charge in [-0.2, -0.15) is 4.98 Å². The quantitative estimate of drug-likeness (QED) is 0.261. The molecule has 0 unspecified atom stereocenters. The van der Waals surface area contributed by atoms with E-state index in [1.807, 2.05) is 13.0 Å². The van der Waals surface area contributed by atoms with Gasteiger partial charge in [0, 0.05) is 45.0 Å². The maximum Gasteiger partial charge on any atom is 0.228 e. The van der Waals surface area contributed by atoms with Crippen LogP contribution in [0.25, 0.3) is 0 Å². The van der Waals surface area contributed by atoms with Crippen molar-refractivity contribution in [3.63, 3.8) is 0 Å². The lowest BCUT2D eigenvalue weighted by Gasteiger charge is -2.32. The van der Waals surface area contributed by atoms with Gasteiger partial charge < -0.3 is 25.6 Å². The molecule has 4 rings (SSSR count). The second kappa shape index (κ2) is 12.7. The molecule has 0 amide bonds. The number of hydrogen-bond donors (Lipinski definition) is 4. The number of nitrogens with zero attached hydrogens (tertiary/aromatic N) is 6. The summed E-state index contributed by atoms with van der Waals surface area (Å²) in [6.07, 6.45) is 6.92. The number of nitrogens with one attached hydrogen (secondary N) is 3. The van der Waals surface area contributed by atoms with Crippen LogP contribution in [-0.2, 0) is 4.74 Å². The van der Waals surface area contributed by atoms with Gasteiger partial charge >= 0.3 is 0 Å². The van der Waals surface area contributed by atoms with Crippen molar-refractivity contribution in [1.82, 2.24) is 30.2 Å². The molecule has 0 bridgehead atoms. The predicted molar refractivity (Wildman–Crippen MR) is 138 cm³/mol. The number of aromatic nitrogens is 4. The molecule has 190 valence electrons. The summed E-state index contributed by atoms with van der Waals surface area (Å²) in [5.41, 5.74) is 2.24. The van der Waals surface area contributed by atoms with Gasteiger partial charge in [0.25, 0.3) is 0 Å². The van der Waals surface area contributed by atoms with E-state index in [-0.39, 0.29) is 0 Å². The first kappa shape index (κ1) is 25.2. The van der Waals surface area contributed by atoms with Crippen LogP contribution in [0.5, 0.6) is 0 Å². The average molecular weight is 484 g/mol. The largest absolute Gasteiger partial charge is 0.380 e. The molecular weight excluding hydrogens is 444 g/mol. The molecule has 2 aromatic rings. The van der Waals surface area contributed by atoms with Crippen LogP contribution >= 0.6 is 0 Å². The van der Waals surface area contributed by atoms with Gasteiger partial charge in [-0.3, -0.25) is 10.3 Å². The third-order valence-corrected chi connectivity index (χ3v) is 6.28. The van der Waals surface area contributed by atoms with E-state index in [1.54, 1.807) is 6.20 Å². The lowest BCUT2D eigenvalue weighted by molar-refractivity contribution is -0.116. The Labute approximate surface area is 207 Å². The Kier molecular flexibility index (Phi) is 9.15. The number of ether oxygens (including phenoxy) is 1. The summed E-state index contributed by atoms with van der Waals surface area (Å²) in [5.74, 6) is 1.97. The molecule has 2 fully saturated rings. The third kappa shape index (κ3) is 7.06. The normalized spacial score (nSPS) is 18.9. The molecule has 4 heterocycles. The number of piperazine rings is 1. The Hall–Kier alpha value is -2.89. The van der Waals surface area contributed by atoms with Gasteiger partial charge in [-0.15, -0.1) is 0 Å². The molecule has 2 saturated heterocycles. The molecule has 5 N–H and O–H groups in total. The summed E-state index contributed by atoms with van der Waals surface area (Å²) >= 11 is 0. The topological polar surface area (TPSA) is 129 Å². The Morgan fingerprint density at radius 1 is 1.23 bits per heavy atom. The molecule has 2 aliphatic heterocycles. The van der Waals surface area contributed by atoms with Crippen molar-refractivity contribution in [3.8, 4) is 0 Å². The minimum atomic E-state index is 0.354. The highest BCUT2D eigenvalue weighted by Gasteiger charge is 2.27. The number of likely N-dealkylation sites (tertiary alicyclic amines) is 1. The zero-order valence-corrected chi connectivity index (χ0v) is 21.0. The number of anilines is 4. The van der Waals surface area contributed by atoms with E-state index >= 15 is 0 Å². The lowest BCUT2D eigenvalue weighted by atomic mass is 10.1. The van der Waals surface area contributed by atoms with Crippen LogP contribution in [-0.4, -0.2) is 95.6 Å². The van der Waals surface area contributed by atoms with Gasteiger partial charge in [-0.1, -0.05) is 6.42 Å². The summed E-state index contributed by atoms with van der Waals surface area (Å²) in [5, 5.41) is 17.1. The Bertz CT molecular complexity index is 951. The second-order valence-electron chi connectivity index (χ2n) is 9.10. The predicted octanol–water partition coefficient (Wildman–Crippen LogP) is 0.291. The van der Waals surface area contributed by atoms with Crippen molar-refractivity contribution in [2.45, 2.75) is 39.2 Å². The smallest absolute Gasteiger partial charge is 0.228 e. The SMILES string of the molecule is CCOCCNc1c(Nc2ccncn2)nc(N2CCN[C@@H](C)C2)nc1C(=[NH2+])CN1CCCCC1. The maximum absolute atomic E-state index is 6.77. The Balaban J connectivity index is 1.70. The van der Waals surface area contributed by atoms with Crippen molar-refractivity contribution in [2.24, 2.45) is 0 Å². The van der Waals surface area contributed by atoms with Crippen LogP contribution in [0.4, 0.5) is 23.3 Å². The van der Waals surface area contributed by atoms with Crippen LogP contribution in [0.2, 0.25) is 0 Å². The highest BCUT2D eigenvalue weighted by molar-refractivity contribution is 6.03. The van der Waals surface area contributed by atoms with Crippen molar-refractivity contribution < 1.29 is 10.1 Å².